The molecule has 1 heterocycles. The molecule has 1 aliphatic carbocycles. The van der Waals surface area contributed by atoms with E-state index in [-0.39, 0.29) is 18.6 Å². The molecule has 0 spiro atoms. The van der Waals surface area contributed by atoms with Crippen LogP contribution in [-0.2, 0) is 16.1 Å². The van der Waals surface area contributed by atoms with Gasteiger partial charge < -0.3 is 9.04 Å². The molecule has 180 valence electrons. The Morgan fingerprint density at radius 1 is 1.18 bits per heavy atom. The van der Waals surface area contributed by atoms with Gasteiger partial charge in [-0.25, -0.2) is 14.6 Å². The Hall–Kier alpha value is -2.23. The van der Waals surface area contributed by atoms with Crippen LogP contribution >= 0.6 is 35.3 Å². The number of carbonyl (C=O) groups excluding carboxylic acids is 2. The van der Waals surface area contributed by atoms with E-state index in [1.165, 1.54) is 12.1 Å². The average Bonchev–Trinajstić information content (AvgIpc) is 3.63. The van der Waals surface area contributed by atoms with E-state index >= 15 is 0 Å². The minimum Gasteiger partial charge on any atom is -0.463 e. The van der Waals surface area contributed by atoms with Gasteiger partial charge in [0, 0.05) is 40.5 Å². The number of nitrogens with zero attached hydrogens (tertiary/aromatic N) is 2. The lowest BCUT2D eigenvalue weighted by Crippen LogP contribution is -2.37. The van der Waals surface area contributed by atoms with E-state index in [2.05, 4.69) is 4.31 Å². The SMILES string of the molecule is CCOC(=O)C1=CN(Cc2ccc(C(=O)NO)cc2)SN(CC2CC2)C1c1ccc(Cl)cc1Cl. The Morgan fingerprint density at radius 3 is 2.53 bits per heavy atom. The van der Waals surface area contributed by atoms with E-state index in [9.17, 15) is 9.59 Å². The summed E-state index contributed by atoms with van der Waals surface area (Å²) < 4.78 is 9.58. The van der Waals surface area contributed by atoms with Crippen molar-refractivity contribution >= 4 is 47.2 Å². The molecule has 1 saturated carbocycles. The summed E-state index contributed by atoms with van der Waals surface area (Å²) in [7, 11) is 0. The molecule has 0 aromatic heterocycles. The van der Waals surface area contributed by atoms with Gasteiger partial charge in [-0.3, -0.25) is 10.0 Å². The summed E-state index contributed by atoms with van der Waals surface area (Å²) in [5, 5.41) is 9.85. The lowest BCUT2D eigenvalue weighted by molar-refractivity contribution is -0.139. The number of rotatable bonds is 8. The quantitative estimate of drug-likeness (QED) is 0.208. The number of hydrogen-bond acceptors (Lipinski definition) is 7. The van der Waals surface area contributed by atoms with Gasteiger partial charge in [-0.05, 0) is 61.1 Å². The molecule has 0 bridgehead atoms. The number of benzene rings is 2. The molecule has 1 amide bonds. The minimum atomic E-state index is -0.568. The summed E-state index contributed by atoms with van der Waals surface area (Å²) in [4.78, 5) is 24.7. The Kier molecular flexibility index (Phi) is 8.06. The summed E-state index contributed by atoms with van der Waals surface area (Å²) in [6.45, 7) is 3.35. The van der Waals surface area contributed by atoms with Crippen LogP contribution in [0.15, 0.2) is 54.2 Å². The van der Waals surface area contributed by atoms with Gasteiger partial charge in [0.25, 0.3) is 5.91 Å². The molecule has 0 saturated heterocycles. The molecular formula is C24H25Cl2N3O4S. The lowest BCUT2D eigenvalue weighted by atomic mass is 9.98. The minimum absolute atomic E-state index is 0.265. The van der Waals surface area contributed by atoms with E-state index < -0.39 is 5.91 Å². The van der Waals surface area contributed by atoms with Crippen LogP contribution in [0.1, 0.15) is 47.3 Å². The standard InChI is InChI=1S/C24H25Cl2N3O4S/c1-2-33-24(31)20-14-28(12-15-5-7-17(8-6-15)23(30)27-32)34-29(13-16-3-4-16)22(20)19-10-9-18(25)11-21(19)26/h5-11,14,16,22,32H,2-4,12-13H2,1H3,(H,27,30). The molecule has 2 aromatic rings. The van der Waals surface area contributed by atoms with E-state index in [0.29, 0.717) is 33.6 Å². The second-order valence-electron chi connectivity index (χ2n) is 8.21. The highest BCUT2D eigenvalue weighted by Gasteiger charge is 2.39. The van der Waals surface area contributed by atoms with Crippen molar-refractivity contribution in [2.45, 2.75) is 32.4 Å². The van der Waals surface area contributed by atoms with Crippen molar-refractivity contribution in [2.75, 3.05) is 13.2 Å². The maximum absolute atomic E-state index is 13.1. The average molecular weight is 522 g/mol. The first-order chi connectivity index (χ1) is 16.4. The van der Waals surface area contributed by atoms with Gasteiger partial charge in [-0.1, -0.05) is 41.4 Å². The van der Waals surface area contributed by atoms with Crippen LogP contribution in [0.2, 0.25) is 10.0 Å². The Labute approximate surface area is 212 Å². The normalized spacial score (nSPS) is 18.4. The van der Waals surface area contributed by atoms with Crippen molar-refractivity contribution in [1.82, 2.24) is 14.1 Å². The number of hydrogen-bond donors (Lipinski definition) is 2. The number of halogens is 2. The van der Waals surface area contributed by atoms with Crippen molar-refractivity contribution < 1.29 is 19.5 Å². The number of amides is 1. The highest BCUT2D eigenvalue weighted by molar-refractivity contribution is 7.94. The first-order valence-electron chi connectivity index (χ1n) is 11.0. The van der Waals surface area contributed by atoms with Crippen LogP contribution in [0.5, 0.6) is 0 Å². The van der Waals surface area contributed by atoms with Crippen LogP contribution in [0.3, 0.4) is 0 Å². The number of hydroxylamine groups is 1. The predicted octanol–water partition coefficient (Wildman–Crippen LogP) is 5.39. The topological polar surface area (TPSA) is 82.1 Å². The predicted molar refractivity (Wildman–Crippen MR) is 132 cm³/mol. The third kappa shape index (κ3) is 5.87. The van der Waals surface area contributed by atoms with Gasteiger partial charge in [0.1, 0.15) is 0 Å². The number of nitrogens with one attached hydrogen (secondary N) is 1. The van der Waals surface area contributed by atoms with Crippen LogP contribution in [-0.4, -0.2) is 38.8 Å². The van der Waals surface area contributed by atoms with E-state index in [4.69, 9.17) is 33.1 Å². The monoisotopic (exact) mass is 521 g/mol. The van der Waals surface area contributed by atoms with Gasteiger partial charge in [0.2, 0.25) is 0 Å². The third-order valence-corrected chi connectivity index (χ3v) is 7.21. The Balaban J connectivity index is 1.67. The number of ether oxygens (including phenoxy) is 1. The molecule has 2 N–H and O–H groups in total. The second kappa shape index (κ2) is 11.0. The molecule has 2 aromatic carbocycles. The Bertz CT molecular complexity index is 1090. The van der Waals surface area contributed by atoms with Crippen LogP contribution in [0.4, 0.5) is 0 Å². The van der Waals surface area contributed by atoms with Crippen LogP contribution in [0, 0.1) is 5.92 Å². The van der Waals surface area contributed by atoms with Crippen LogP contribution < -0.4 is 5.48 Å². The smallest absolute Gasteiger partial charge is 0.337 e. The fraction of sp³-hybridized carbons (Fsp3) is 0.333. The zero-order chi connectivity index (χ0) is 24.2. The molecule has 1 fully saturated rings. The van der Waals surface area contributed by atoms with Crippen molar-refractivity contribution in [3.63, 3.8) is 0 Å². The molecule has 2 aliphatic rings. The third-order valence-electron chi connectivity index (χ3n) is 5.63. The first-order valence-corrected chi connectivity index (χ1v) is 12.5. The maximum atomic E-state index is 13.1. The fourth-order valence-corrected chi connectivity index (χ4v) is 5.53. The summed E-state index contributed by atoms with van der Waals surface area (Å²) in [6, 6.07) is 11.9. The van der Waals surface area contributed by atoms with Crippen molar-refractivity contribution in [1.29, 1.82) is 0 Å². The zero-order valence-corrected chi connectivity index (χ0v) is 20.9. The van der Waals surface area contributed by atoms with Gasteiger partial charge in [0.05, 0.1) is 24.8 Å². The largest absolute Gasteiger partial charge is 0.463 e. The van der Waals surface area contributed by atoms with Crippen LogP contribution in [0.25, 0.3) is 0 Å². The fourth-order valence-electron chi connectivity index (χ4n) is 3.79. The summed E-state index contributed by atoms with van der Waals surface area (Å²) >= 11 is 14.3. The molecule has 1 aliphatic heterocycles. The van der Waals surface area contributed by atoms with E-state index in [0.717, 1.165) is 30.5 Å². The van der Waals surface area contributed by atoms with Crippen molar-refractivity contribution in [2.24, 2.45) is 5.92 Å². The zero-order valence-electron chi connectivity index (χ0n) is 18.5. The number of carbonyl (C=O) groups is 2. The van der Waals surface area contributed by atoms with Gasteiger partial charge in [-0.2, -0.15) is 0 Å². The molecule has 7 nitrogen and oxygen atoms in total. The van der Waals surface area contributed by atoms with E-state index in [1.807, 2.05) is 28.7 Å². The van der Waals surface area contributed by atoms with Crippen molar-refractivity contribution in [3.8, 4) is 0 Å². The molecule has 1 unspecified atom stereocenters. The van der Waals surface area contributed by atoms with Crippen molar-refractivity contribution in [3.05, 3.63) is 81.0 Å². The first kappa shape index (κ1) is 24.9. The van der Waals surface area contributed by atoms with Gasteiger partial charge in [0.15, 0.2) is 0 Å². The molecule has 10 heteroatoms. The summed E-state index contributed by atoms with van der Waals surface area (Å²) in [5.74, 6) is -0.387. The second-order valence-corrected chi connectivity index (χ2v) is 10.2. The summed E-state index contributed by atoms with van der Waals surface area (Å²) in [6.07, 6.45) is 4.13. The van der Waals surface area contributed by atoms with Gasteiger partial charge in [-0.15, -0.1) is 0 Å². The molecule has 4 rings (SSSR count). The molecule has 1 atom stereocenters. The Morgan fingerprint density at radius 2 is 1.91 bits per heavy atom. The highest BCUT2D eigenvalue weighted by Crippen LogP contribution is 2.46. The number of esters is 1. The van der Waals surface area contributed by atoms with Gasteiger partial charge >= 0.3 is 5.97 Å². The molecular weight excluding hydrogens is 497 g/mol. The maximum Gasteiger partial charge on any atom is 0.337 e. The highest BCUT2D eigenvalue weighted by atomic mass is 35.5. The van der Waals surface area contributed by atoms with E-state index in [1.54, 1.807) is 36.7 Å². The summed E-state index contributed by atoms with van der Waals surface area (Å²) in [5.41, 5.74) is 4.23. The lowest BCUT2D eigenvalue weighted by Gasteiger charge is -2.40. The molecule has 34 heavy (non-hydrogen) atoms. The molecule has 0 radical (unpaired) electrons.